The molecule has 0 spiro atoms. The molecule has 0 aliphatic heterocycles. The molecule has 19 heavy (non-hydrogen) atoms. The number of carbonyl (C=O) groups is 1. The van der Waals surface area contributed by atoms with Crippen LogP contribution in [0.4, 0.5) is 0 Å². The second kappa shape index (κ2) is 12.5. The predicted molar refractivity (Wildman–Crippen MR) is 78.9 cm³/mol. The van der Waals surface area contributed by atoms with Crippen LogP contribution in [0.3, 0.4) is 0 Å². The van der Waals surface area contributed by atoms with Crippen LogP contribution in [0.25, 0.3) is 0 Å². The van der Waals surface area contributed by atoms with Crippen molar-refractivity contribution in [2.75, 3.05) is 35.0 Å². The summed E-state index contributed by atoms with van der Waals surface area (Å²) in [5.41, 5.74) is 0.397. The van der Waals surface area contributed by atoms with E-state index in [2.05, 4.69) is 11.0 Å². The Bertz CT molecular complexity index is 247. The van der Waals surface area contributed by atoms with E-state index < -0.39 is 8.80 Å². The standard InChI is InChI=1S/C10H20O5Si.CH6OSi/c1-9(2)10(11)15-7-6-8-16(12-3,13-4)14-5;1-2-3/h1,6-8H2,2-5H3;1,3H3. The second-order valence-electron chi connectivity index (χ2n) is 3.72. The third-order valence-electron chi connectivity index (χ3n) is 2.14. The van der Waals surface area contributed by atoms with Crippen LogP contribution in [0.5, 0.6) is 0 Å². The Morgan fingerprint density at radius 2 is 1.58 bits per heavy atom. The summed E-state index contributed by atoms with van der Waals surface area (Å²) in [4.78, 5) is 11.1. The smallest absolute Gasteiger partial charge is 0.462 e. The largest absolute Gasteiger partial charge is 0.500 e. The highest BCUT2D eigenvalue weighted by Gasteiger charge is 2.36. The summed E-state index contributed by atoms with van der Waals surface area (Å²) in [7, 11) is 4.69. The van der Waals surface area contributed by atoms with E-state index in [-0.39, 0.29) is 5.97 Å². The SMILES string of the molecule is C=C(C)C(=O)OCCC[Si](OC)(OC)OC.CO[SiH3]. The Labute approximate surface area is 119 Å². The molecule has 0 aliphatic carbocycles. The molecule has 0 fully saturated rings. The Kier molecular flexibility index (Phi) is 13.7. The zero-order valence-electron chi connectivity index (χ0n) is 12.8. The second-order valence-corrected chi connectivity index (χ2v) is 7.63. The molecule has 0 aromatic carbocycles. The minimum atomic E-state index is -2.53. The molecule has 0 atom stereocenters. The molecule has 0 N–H and O–H groups in total. The predicted octanol–water partition coefficient (Wildman–Crippen LogP) is 0.287. The molecule has 0 unspecified atom stereocenters. The van der Waals surface area contributed by atoms with E-state index in [9.17, 15) is 4.79 Å². The molecular formula is C11H26O6Si2. The van der Waals surface area contributed by atoms with E-state index in [1.54, 1.807) is 35.4 Å². The van der Waals surface area contributed by atoms with Crippen LogP contribution in [0, 0.1) is 0 Å². The molecule has 0 saturated carbocycles. The van der Waals surface area contributed by atoms with Gasteiger partial charge in [-0.25, -0.2) is 4.79 Å². The van der Waals surface area contributed by atoms with Gasteiger partial charge in [-0.3, -0.25) is 0 Å². The maximum Gasteiger partial charge on any atom is 0.500 e. The summed E-state index contributed by atoms with van der Waals surface area (Å²) in [6, 6.07) is 0.611. The lowest BCUT2D eigenvalue weighted by Gasteiger charge is -2.24. The summed E-state index contributed by atoms with van der Waals surface area (Å²) < 4.78 is 25.0. The third-order valence-corrected chi connectivity index (χ3v) is 4.97. The van der Waals surface area contributed by atoms with Gasteiger partial charge in [-0.2, -0.15) is 0 Å². The lowest BCUT2D eigenvalue weighted by atomic mass is 10.4. The molecule has 0 saturated heterocycles. The average molecular weight is 310 g/mol. The lowest BCUT2D eigenvalue weighted by Crippen LogP contribution is -2.42. The van der Waals surface area contributed by atoms with Gasteiger partial charge in [-0.1, -0.05) is 6.58 Å². The van der Waals surface area contributed by atoms with Crippen molar-refractivity contribution in [3.05, 3.63) is 12.2 Å². The van der Waals surface area contributed by atoms with Gasteiger partial charge in [-0.15, -0.1) is 0 Å². The first-order valence-corrected chi connectivity index (χ1v) is 8.56. The maximum atomic E-state index is 11.1. The van der Waals surface area contributed by atoms with Gasteiger partial charge in [0.25, 0.3) is 0 Å². The summed E-state index contributed by atoms with van der Waals surface area (Å²) in [6.45, 7) is 5.42. The molecule has 0 bridgehead atoms. The molecule has 0 heterocycles. The van der Waals surface area contributed by atoms with Gasteiger partial charge in [-0.05, 0) is 13.3 Å². The normalized spacial score (nSPS) is 10.6. The van der Waals surface area contributed by atoms with Gasteiger partial charge in [0.1, 0.15) is 10.5 Å². The fourth-order valence-electron chi connectivity index (χ4n) is 1.13. The van der Waals surface area contributed by atoms with Crippen molar-refractivity contribution in [3.8, 4) is 0 Å². The van der Waals surface area contributed by atoms with E-state index in [1.165, 1.54) is 0 Å². The number of ether oxygens (including phenoxy) is 1. The van der Waals surface area contributed by atoms with Crippen LogP contribution >= 0.6 is 0 Å². The van der Waals surface area contributed by atoms with Crippen molar-refractivity contribution < 1.29 is 27.2 Å². The number of rotatable bonds is 8. The Balaban J connectivity index is 0. The number of esters is 1. The zero-order chi connectivity index (χ0) is 15.3. The average Bonchev–Trinajstić information content (AvgIpc) is 2.40. The first-order chi connectivity index (χ1) is 8.92. The van der Waals surface area contributed by atoms with Crippen LogP contribution in [0.15, 0.2) is 12.2 Å². The van der Waals surface area contributed by atoms with Crippen LogP contribution in [-0.4, -0.2) is 60.3 Å². The highest BCUT2D eigenvalue weighted by atomic mass is 28.4. The number of carbonyl (C=O) groups excluding carboxylic acids is 1. The Hall–Kier alpha value is -0.516. The van der Waals surface area contributed by atoms with Crippen LogP contribution in [0.1, 0.15) is 13.3 Å². The van der Waals surface area contributed by atoms with Gasteiger partial charge in [0.2, 0.25) is 0 Å². The van der Waals surface area contributed by atoms with Crippen molar-refractivity contribution in [2.45, 2.75) is 19.4 Å². The minimum Gasteiger partial charge on any atom is -0.462 e. The molecule has 0 rings (SSSR count). The molecule has 114 valence electrons. The third kappa shape index (κ3) is 9.99. The van der Waals surface area contributed by atoms with E-state index in [0.29, 0.717) is 24.6 Å². The fourth-order valence-corrected chi connectivity index (χ4v) is 2.82. The van der Waals surface area contributed by atoms with Crippen LogP contribution in [-0.2, 0) is 27.2 Å². The maximum absolute atomic E-state index is 11.1. The first kappa shape index (κ1) is 20.8. The summed E-state index contributed by atoms with van der Waals surface area (Å²) in [5, 5.41) is 0. The minimum absolute atomic E-state index is 0.316. The molecule has 0 aromatic heterocycles. The topological polar surface area (TPSA) is 63.2 Å². The summed E-state index contributed by atoms with van der Waals surface area (Å²) in [6.07, 6.45) is 0.640. The van der Waals surface area contributed by atoms with Gasteiger partial charge in [0, 0.05) is 40.1 Å². The number of hydrogen-bond donors (Lipinski definition) is 0. The highest BCUT2D eigenvalue weighted by molar-refractivity contribution is 6.60. The molecule has 0 aromatic rings. The van der Waals surface area contributed by atoms with Gasteiger partial charge in [0.05, 0.1) is 6.61 Å². The summed E-state index contributed by atoms with van der Waals surface area (Å²) >= 11 is 0. The van der Waals surface area contributed by atoms with Gasteiger partial charge < -0.3 is 22.4 Å². The molecule has 8 heteroatoms. The monoisotopic (exact) mass is 310 g/mol. The van der Waals surface area contributed by atoms with Gasteiger partial charge >= 0.3 is 14.8 Å². The van der Waals surface area contributed by atoms with E-state index in [4.69, 9.17) is 18.0 Å². The zero-order valence-corrected chi connectivity index (χ0v) is 15.8. The molecular weight excluding hydrogens is 284 g/mol. The lowest BCUT2D eigenvalue weighted by molar-refractivity contribution is -0.139. The molecule has 0 amide bonds. The van der Waals surface area contributed by atoms with Crippen LogP contribution in [0.2, 0.25) is 6.04 Å². The Morgan fingerprint density at radius 1 is 1.16 bits per heavy atom. The first-order valence-electron chi connectivity index (χ1n) is 5.81. The Morgan fingerprint density at radius 3 is 1.89 bits per heavy atom. The summed E-state index contributed by atoms with van der Waals surface area (Å²) in [5.74, 6) is -0.375. The molecule has 0 radical (unpaired) electrons. The van der Waals surface area contributed by atoms with Crippen molar-refractivity contribution in [1.29, 1.82) is 0 Å². The van der Waals surface area contributed by atoms with E-state index in [1.807, 2.05) is 0 Å². The van der Waals surface area contributed by atoms with E-state index >= 15 is 0 Å². The van der Waals surface area contributed by atoms with Crippen molar-refractivity contribution in [2.24, 2.45) is 0 Å². The molecule has 6 nitrogen and oxygen atoms in total. The van der Waals surface area contributed by atoms with E-state index in [0.717, 1.165) is 10.5 Å². The number of hydrogen-bond acceptors (Lipinski definition) is 6. The van der Waals surface area contributed by atoms with Crippen LogP contribution < -0.4 is 0 Å². The molecule has 0 aliphatic rings. The fraction of sp³-hybridized carbons (Fsp3) is 0.727. The quantitative estimate of drug-likeness (QED) is 0.278. The highest BCUT2D eigenvalue weighted by Crippen LogP contribution is 2.14. The van der Waals surface area contributed by atoms with Crippen molar-refractivity contribution in [3.63, 3.8) is 0 Å². The van der Waals surface area contributed by atoms with Gasteiger partial charge in [0.15, 0.2) is 0 Å². The van der Waals surface area contributed by atoms with Crippen molar-refractivity contribution in [1.82, 2.24) is 0 Å². The van der Waals surface area contributed by atoms with Crippen molar-refractivity contribution >= 4 is 25.3 Å².